The molecule has 3 nitrogen and oxygen atoms in total. The highest BCUT2D eigenvalue weighted by molar-refractivity contribution is 5.59. The number of hydrogen-bond donors (Lipinski definition) is 1. The molecular weight excluding hydrogens is 246 g/mol. The molecule has 0 saturated carbocycles. The van der Waals surface area contributed by atoms with Crippen molar-refractivity contribution in [1.29, 1.82) is 0 Å². The standard InChI is InChI=1S/C17H23N3/c1-4-18-14(3)15-11-12-17(19-13-15)20(5-2)16-9-7-6-8-10-16/h6-14,18H,4-5H2,1-3H3. The molecule has 2 aromatic rings. The lowest BCUT2D eigenvalue weighted by Gasteiger charge is -2.22. The van der Waals surface area contributed by atoms with Crippen LogP contribution in [0.3, 0.4) is 0 Å². The van der Waals surface area contributed by atoms with Crippen LogP contribution in [0, 0.1) is 0 Å². The summed E-state index contributed by atoms with van der Waals surface area (Å²) in [6.07, 6.45) is 1.97. The number of rotatable bonds is 6. The van der Waals surface area contributed by atoms with E-state index >= 15 is 0 Å². The first kappa shape index (κ1) is 14.5. The van der Waals surface area contributed by atoms with Gasteiger partial charge in [0.2, 0.25) is 0 Å². The minimum absolute atomic E-state index is 0.341. The van der Waals surface area contributed by atoms with Crippen molar-refractivity contribution >= 4 is 11.5 Å². The van der Waals surface area contributed by atoms with Crippen LogP contribution in [0.4, 0.5) is 11.5 Å². The van der Waals surface area contributed by atoms with E-state index in [0.717, 1.165) is 18.9 Å². The number of para-hydroxylation sites is 1. The predicted octanol–water partition coefficient (Wildman–Crippen LogP) is 3.91. The van der Waals surface area contributed by atoms with E-state index in [0.29, 0.717) is 6.04 Å². The number of hydrogen-bond acceptors (Lipinski definition) is 3. The lowest BCUT2D eigenvalue weighted by atomic mass is 10.1. The van der Waals surface area contributed by atoms with E-state index in [4.69, 9.17) is 0 Å². The molecule has 106 valence electrons. The third-order valence-corrected chi connectivity index (χ3v) is 3.44. The average molecular weight is 269 g/mol. The molecule has 0 saturated heterocycles. The zero-order valence-electron chi connectivity index (χ0n) is 12.5. The van der Waals surface area contributed by atoms with E-state index in [9.17, 15) is 0 Å². The summed E-state index contributed by atoms with van der Waals surface area (Å²) in [5.74, 6) is 0.992. The van der Waals surface area contributed by atoms with Crippen LogP contribution in [0.25, 0.3) is 0 Å². The fourth-order valence-electron chi connectivity index (χ4n) is 2.32. The number of nitrogens with one attached hydrogen (secondary N) is 1. The van der Waals surface area contributed by atoms with Gasteiger partial charge < -0.3 is 10.2 Å². The molecular formula is C17H23N3. The zero-order chi connectivity index (χ0) is 14.4. The SMILES string of the molecule is CCNC(C)c1ccc(N(CC)c2ccccc2)nc1. The Kier molecular flexibility index (Phi) is 5.13. The Morgan fingerprint density at radius 3 is 2.40 bits per heavy atom. The van der Waals surface area contributed by atoms with Gasteiger partial charge in [0.25, 0.3) is 0 Å². The van der Waals surface area contributed by atoms with Crippen molar-refractivity contribution < 1.29 is 0 Å². The molecule has 0 aliphatic carbocycles. The summed E-state index contributed by atoms with van der Waals surface area (Å²) in [6, 6.07) is 15.0. The van der Waals surface area contributed by atoms with Gasteiger partial charge in [-0.1, -0.05) is 31.2 Å². The first-order valence-corrected chi connectivity index (χ1v) is 7.28. The molecule has 0 radical (unpaired) electrons. The van der Waals surface area contributed by atoms with Gasteiger partial charge >= 0.3 is 0 Å². The Morgan fingerprint density at radius 2 is 1.85 bits per heavy atom. The number of pyridine rings is 1. The maximum atomic E-state index is 4.62. The van der Waals surface area contributed by atoms with Crippen molar-refractivity contribution in [2.24, 2.45) is 0 Å². The van der Waals surface area contributed by atoms with E-state index in [-0.39, 0.29) is 0 Å². The summed E-state index contributed by atoms with van der Waals surface area (Å²) in [5, 5.41) is 3.40. The normalized spacial score (nSPS) is 12.2. The zero-order valence-corrected chi connectivity index (χ0v) is 12.5. The molecule has 0 aliphatic rings. The third-order valence-electron chi connectivity index (χ3n) is 3.44. The van der Waals surface area contributed by atoms with Crippen LogP contribution >= 0.6 is 0 Å². The van der Waals surface area contributed by atoms with Gasteiger partial charge in [-0.25, -0.2) is 4.98 Å². The second-order valence-corrected chi connectivity index (χ2v) is 4.81. The minimum Gasteiger partial charge on any atom is -0.327 e. The molecule has 0 aliphatic heterocycles. The lowest BCUT2D eigenvalue weighted by Crippen LogP contribution is -2.19. The van der Waals surface area contributed by atoms with E-state index in [1.54, 1.807) is 0 Å². The summed E-state index contributed by atoms with van der Waals surface area (Å²) in [6.45, 7) is 8.29. The summed E-state index contributed by atoms with van der Waals surface area (Å²) in [7, 11) is 0. The molecule has 3 heteroatoms. The van der Waals surface area contributed by atoms with Crippen LogP contribution in [0.1, 0.15) is 32.4 Å². The fraction of sp³-hybridized carbons (Fsp3) is 0.353. The lowest BCUT2D eigenvalue weighted by molar-refractivity contribution is 0.596. The third kappa shape index (κ3) is 3.36. The molecule has 20 heavy (non-hydrogen) atoms. The monoisotopic (exact) mass is 269 g/mol. The molecule has 2 rings (SSSR count). The number of benzene rings is 1. The highest BCUT2D eigenvalue weighted by atomic mass is 15.2. The minimum atomic E-state index is 0.341. The largest absolute Gasteiger partial charge is 0.327 e. The quantitative estimate of drug-likeness (QED) is 0.861. The van der Waals surface area contributed by atoms with E-state index < -0.39 is 0 Å². The van der Waals surface area contributed by atoms with Crippen LogP contribution in [0.2, 0.25) is 0 Å². The Morgan fingerprint density at radius 1 is 1.10 bits per heavy atom. The van der Waals surface area contributed by atoms with Crippen molar-refractivity contribution in [1.82, 2.24) is 10.3 Å². The summed E-state index contributed by atoms with van der Waals surface area (Å²) >= 11 is 0. The highest BCUT2D eigenvalue weighted by Gasteiger charge is 2.09. The first-order chi connectivity index (χ1) is 9.76. The summed E-state index contributed by atoms with van der Waals surface area (Å²) in [5.41, 5.74) is 2.40. The van der Waals surface area contributed by atoms with Crippen LogP contribution in [-0.2, 0) is 0 Å². The van der Waals surface area contributed by atoms with E-state index in [2.05, 4.69) is 72.4 Å². The van der Waals surface area contributed by atoms with Crippen LogP contribution in [-0.4, -0.2) is 18.1 Å². The Balaban J connectivity index is 2.20. The topological polar surface area (TPSA) is 28.2 Å². The molecule has 0 bridgehead atoms. The van der Waals surface area contributed by atoms with Gasteiger partial charge in [-0.15, -0.1) is 0 Å². The second kappa shape index (κ2) is 7.06. The van der Waals surface area contributed by atoms with E-state index in [1.165, 1.54) is 11.3 Å². The van der Waals surface area contributed by atoms with Crippen molar-refractivity contribution in [2.45, 2.75) is 26.8 Å². The Hall–Kier alpha value is -1.87. The van der Waals surface area contributed by atoms with Crippen molar-refractivity contribution in [2.75, 3.05) is 18.0 Å². The Bertz CT molecular complexity index is 508. The number of aromatic nitrogens is 1. The van der Waals surface area contributed by atoms with Crippen molar-refractivity contribution in [3.05, 3.63) is 54.2 Å². The van der Waals surface area contributed by atoms with Gasteiger partial charge in [0.1, 0.15) is 5.82 Å². The van der Waals surface area contributed by atoms with Gasteiger partial charge in [-0.2, -0.15) is 0 Å². The molecule has 1 aromatic carbocycles. The highest BCUT2D eigenvalue weighted by Crippen LogP contribution is 2.23. The van der Waals surface area contributed by atoms with Crippen molar-refractivity contribution in [3.8, 4) is 0 Å². The van der Waals surface area contributed by atoms with Gasteiger partial charge in [-0.3, -0.25) is 0 Å². The predicted molar refractivity (Wildman–Crippen MR) is 85.5 cm³/mol. The first-order valence-electron chi connectivity index (χ1n) is 7.28. The molecule has 1 N–H and O–H groups in total. The van der Waals surface area contributed by atoms with Crippen LogP contribution < -0.4 is 10.2 Å². The number of anilines is 2. The molecule has 1 atom stereocenters. The fourth-order valence-corrected chi connectivity index (χ4v) is 2.32. The molecule has 0 fully saturated rings. The second-order valence-electron chi connectivity index (χ2n) is 4.81. The maximum Gasteiger partial charge on any atom is 0.132 e. The smallest absolute Gasteiger partial charge is 0.132 e. The van der Waals surface area contributed by atoms with Crippen LogP contribution in [0.5, 0.6) is 0 Å². The summed E-state index contributed by atoms with van der Waals surface area (Å²) < 4.78 is 0. The molecule has 0 spiro atoms. The molecule has 1 aromatic heterocycles. The van der Waals surface area contributed by atoms with E-state index in [1.807, 2.05) is 12.3 Å². The van der Waals surface area contributed by atoms with Gasteiger partial charge in [0.05, 0.1) is 0 Å². The van der Waals surface area contributed by atoms with Crippen LogP contribution in [0.15, 0.2) is 48.7 Å². The number of nitrogens with zero attached hydrogens (tertiary/aromatic N) is 2. The van der Waals surface area contributed by atoms with Crippen molar-refractivity contribution in [3.63, 3.8) is 0 Å². The van der Waals surface area contributed by atoms with Gasteiger partial charge in [0, 0.05) is 24.5 Å². The maximum absolute atomic E-state index is 4.62. The molecule has 1 heterocycles. The Labute approximate surface area is 121 Å². The van der Waals surface area contributed by atoms with Gasteiger partial charge in [0.15, 0.2) is 0 Å². The molecule has 1 unspecified atom stereocenters. The summed E-state index contributed by atoms with van der Waals surface area (Å²) in [4.78, 5) is 6.83. The molecule has 0 amide bonds. The van der Waals surface area contributed by atoms with Gasteiger partial charge in [-0.05, 0) is 44.2 Å². The average Bonchev–Trinajstić information content (AvgIpc) is 2.50.